The lowest BCUT2D eigenvalue weighted by Gasteiger charge is -2.07. The van der Waals surface area contributed by atoms with Crippen molar-refractivity contribution in [2.45, 2.75) is 13.5 Å². The van der Waals surface area contributed by atoms with Crippen molar-refractivity contribution in [3.63, 3.8) is 0 Å². The molecule has 0 aromatic carbocycles. The highest BCUT2D eigenvalue weighted by Crippen LogP contribution is 2.26. The van der Waals surface area contributed by atoms with E-state index in [4.69, 9.17) is 0 Å². The first-order valence-electron chi connectivity index (χ1n) is 4.76. The molecule has 2 heterocycles. The lowest BCUT2D eigenvalue weighted by molar-refractivity contribution is 1.12. The van der Waals surface area contributed by atoms with E-state index in [-0.39, 0.29) is 0 Å². The van der Waals surface area contributed by atoms with Crippen molar-refractivity contribution in [3.8, 4) is 0 Å². The Morgan fingerprint density at radius 3 is 2.81 bits per heavy atom. The van der Waals surface area contributed by atoms with Gasteiger partial charge in [-0.05, 0) is 62.5 Å². The fourth-order valence-electron chi connectivity index (χ4n) is 1.28. The van der Waals surface area contributed by atoms with Gasteiger partial charge in [-0.1, -0.05) is 0 Å². The zero-order valence-corrected chi connectivity index (χ0v) is 12.6. The van der Waals surface area contributed by atoms with Crippen LogP contribution in [-0.2, 0) is 6.54 Å². The number of hydrogen-bond acceptors (Lipinski definition) is 3. The van der Waals surface area contributed by atoms with Gasteiger partial charge in [0, 0.05) is 11.1 Å². The van der Waals surface area contributed by atoms with E-state index in [1.165, 1.54) is 10.4 Å². The monoisotopic (exact) mass is 360 g/mol. The smallest absolute Gasteiger partial charge is 0.140 e. The fraction of sp³-hybridized carbons (Fsp3) is 0.182. The topological polar surface area (TPSA) is 24.9 Å². The summed E-state index contributed by atoms with van der Waals surface area (Å²) in [6, 6.07) is 6.14. The zero-order valence-electron chi connectivity index (χ0n) is 8.63. The van der Waals surface area contributed by atoms with E-state index in [1.54, 1.807) is 11.3 Å². The van der Waals surface area contributed by atoms with Crippen LogP contribution >= 0.6 is 43.2 Å². The highest BCUT2D eigenvalue weighted by Gasteiger charge is 2.04. The zero-order chi connectivity index (χ0) is 11.5. The van der Waals surface area contributed by atoms with E-state index in [0.29, 0.717) is 0 Å². The van der Waals surface area contributed by atoms with E-state index in [1.807, 2.05) is 12.3 Å². The van der Waals surface area contributed by atoms with Crippen molar-refractivity contribution in [1.82, 2.24) is 4.98 Å². The molecule has 0 aliphatic heterocycles. The van der Waals surface area contributed by atoms with E-state index >= 15 is 0 Å². The molecule has 16 heavy (non-hydrogen) atoms. The van der Waals surface area contributed by atoms with Crippen LogP contribution in [0, 0.1) is 6.92 Å². The first kappa shape index (κ1) is 12.1. The molecule has 1 N–H and O–H groups in total. The maximum Gasteiger partial charge on any atom is 0.140 e. The average Bonchev–Trinajstić information content (AvgIpc) is 2.67. The lowest BCUT2D eigenvalue weighted by atomic mass is 10.3. The standard InChI is InChI=1S/C11H10Br2N2S/c1-7-4-5-14-11(10(7)13)15-6-8-2-3-9(12)16-8/h2-5H,6H2,1H3,(H,14,15). The fourth-order valence-corrected chi connectivity index (χ4v) is 3.08. The number of aromatic nitrogens is 1. The second-order valence-corrected chi connectivity index (χ2v) is 6.69. The summed E-state index contributed by atoms with van der Waals surface area (Å²) in [5, 5.41) is 3.31. The van der Waals surface area contributed by atoms with Crippen LogP contribution in [-0.4, -0.2) is 4.98 Å². The minimum Gasteiger partial charge on any atom is -0.364 e. The predicted octanol–water partition coefficient (Wildman–Crippen LogP) is 4.59. The number of nitrogens with one attached hydrogen (secondary N) is 1. The minimum absolute atomic E-state index is 0.797. The van der Waals surface area contributed by atoms with Gasteiger partial charge in [0.05, 0.1) is 14.8 Å². The third-order valence-electron chi connectivity index (χ3n) is 2.14. The molecule has 2 rings (SSSR count). The second kappa shape index (κ2) is 5.29. The third-order valence-corrected chi connectivity index (χ3v) is 4.77. The Labute approximate surface area is 115 Å². The van der Waals surface area contributed by atoms with Crippen LogP contribution in [0.1, 0.15) is 10.4 Å². The van der Waals surface area contributed by atoms with Crippen LogP contribution in [0.25, 0.3) is 0 Å². The van der Waals surface area contributed by atoms with Crippen molar-refractivity contribution in [2.75, 3.05) is 5.32 Å². The number of pyridine rings is 1. The minimum atomic E-state index is 0.797. The Hall–Kier alpha value is -0.390. The number of aryl methyl sites for hydroxylation is 1. The van der Waals surface area contributed by atoms with E-state index in [2.05, 4.69) is 61.2 Å². The molecule has 2 nitrogen and oxygen atoms in total. The van der Waals surface area contributed by atoms with Gasteiger partial charge in [-0.15, -0.1) is 11.3 Å². The summed E-state index contributed by atoms with van der Waals surface area (Å²) < 4.78 is 2.19. The number of anilines is 1. The predicted molar refractivity (Wildman–Crippen MR) is 76.0 cm³/mol. The number of nitrogens with zero attached hydrogens (tertiary/aromatic N) is 1. The van der Waals surface area contributed by atoms with Crippen LogP contribution in [0.2, 0.25) is 0 Å². The molecule has 5 heteroatoms. The highest BCUT2D eigenvalue weighted by molar-refractivity contribution is 9.11. The highest BCUT2D eigenvalue weighted by atomic mass is 79.9. The first-order chi connectivity index (χ1) is 7.66. The number of hydrogen-bond donors (Lipinski definition) is 1. The van der Waals surface area contributed by atoms with Crippen LogP contribution in [0.4, 0.5) is 5.82 Å². The van der Waals surface area contributed by atoms with Crippen LogP contribution < -0.4 is 5.32 Å². The number of rotatable bonds is 3. The molecule has 0 atom stereocenters. The summed E-state index contributed by atoms with van der Waals surface area (Å²) in [7, 11) is 0. The maximum atomic E-state index is 4.30. The molecule has 0 radical (unpaired) electrons. The molecule has 84 valence electrons. The number of thiophene rings is 1. The van der Waals surface area contributed by atoms with E-state index in [9.17, 15) is 0 Å². The van der Waals surface area contributed by atoms with Crippen LogP contribution in [0.15, 0.2) is 32.7 Å². The molecule has 2 aromatic rings. The number of halogens is 2. The molecular formula is C11H10Br2N2S. The van der Waals surface area contributed by atoms with Gasteiger partial charge in [-0.25, -0.2) is 4.98 Å². The molecule has 0 saturated heterocycles. The van der Waals surface area contributed by atoms with Gasteiger partial charge in [0.25, 0.3) is 0 Å². The molecule has 0 aliphatic rings. The summed E-state index contributed by atoms with van der Waals surface area (Å²) >= 11 is 8.71. The molecule has 2 aromatic heterocycles. The van der Waals surface area contributed by atoms with Crippen molar-refractivity contribution >= 4 is 49.0 Å². The largest absolute Gasteiger partial charge is 0.364 e. The van der Waals surface area contributed by atoms with Crippen molar-refractivity contribution in [3.05, 3.63) is 43.1 Å². The van der Waals surface area contributed by atoms with Gasteiger partial charge in [0.2, 0.25) is 0 Å². The Balaban J connectivity index is 2.07. The van der Waals surface area contributed by atoms with Crippen LogP contribution in [0.3, 0.4) is 0 Å². The molecule has 0 saturated carbocycles. The summed E-state index contributed by atoms with van der Waals surface area (Å²) in [4.78, 5) is 5.58. The van der Waals surface area contributed by atoms with Gasteiger partial charge in [0.15, 0.2) is 0 Å². The first-order valence-corrected chi connectivity index (χ1v) is 7.16. The summed E-state index contributed by atoms with van der Waals surface area (Å²) in [5.74, 6) is 0.893. The van der Waals surface area contributed by atoms with Gasteiger partial charge in [0.1, 0.15) is 5.82 Å². The maximum absolute atomic E-state index is 4.30. The average molecular weight is 362 g/mol. The Bertz CT molecular complexity index is 496. The summed E-state index contributed by atoms with van der Waals surface area (Å²) in [5.41, 5.74) is 1.19. The van der Waals surface area contributed by atoms with Crippen LogP contribution in [0.5, 0.6) is 0 Å². The molecule has 0 fully saturated rings. The van der Waals surface area contributed by atoms with E-state index < -0.39 is 0 Å². The second-order valence-electron chi connectivity index (χ2n) is 3.35. The van der Waals surface area contributed by atoms with Gasteiger partial charge in [-0.2, -0.15) is 0 Å². The Morgan fingerprint density at radius 2 is 2.12 bits per heavy atom. The normalized spacial score (nSPS) is 10.4. The van der Waals surface area contributed by atoms with Crippen molar-refractivity contribution < 1.29 is 0 Å². The van der Waals surface area contributed by atoms with E-state index in [0.717, 1.165) is 20.6 Å². The molecule has 0 aliphatic carbocycles. The third kappa shape index (κ3) is 2.84. The van der Waals surface area contributed by atoms with Gasteiger partial charge >= 0.3 is 0 Å². The van der Waals surface area contributed by atoms with Gasteiger partial charge in [-0.3, -0.25) is 0 Å². The molecule has 0 amide bonds. The van der Waals surface area contributed by atoms with Gasteiger partial charge < -0.3 is 5.32 Å². The molecule has 0 spiro atoms. The van der Waals surface area contributed by atoms with Crippen molar-refractivity contribution in [1.29, 1.82) is 0 Å². The molecule has 0 unspecified atom stereocenters. The Morgan fingerprint density at radius 1 is 1.31 bits per heavy atom. The quantitative estimate of drug-likeness (QED) is 0.864. The molecule has 0 bridgehead atoms. The summed E-state index contributed by atoms with van der Waals surface area (Å²) in [6.07, 6.45) is 1.81. The molecular weight excluding hydrogens is 352 g/mol. The SMILES string of the molecule is Cc1ccnc(NCc2ccc(Br)s2)c1Br. The lowest BCUT2D eigenvalue weighted by Crippen LogP contribution is -2.01. The Kier molecular flexibility index (Phi) is 4.00. The summed E-state index contributed by atoms with van der Waals surface area (Å²) in [6.45, 7) is 2.85. The van der Waals surface area contributed by atoms with Crippen molar-refractivity contribution in [2.24, 2.45) is 0 Å².